The molecule has 0 spiro atoms. The van der Waals surface area contributed by atoms with E-state index in [9.17, 15) is 19.8 Å². The number of hydrogen-bond acceptors (Lipinski definition) is 6. The van der Waals surface area contributed by atoms with Gasteiger partial charge in [0.2, 0.25) is 0 Å². The van der Waals surface area contributed by atoms with E-state index in [0.717, 1.165) is 23.1 Å². The number of amides is 2. The smallest absolute Gasteiger partial charge is 0.293 e. The van der Waals surface area contributed by atoms with E-state index in [2.05, 4.69) is 0 Å². The van der Waals surface area contributed by atoms with Crippen LogP contribution >= 0.6 is 11.8 Å². The fraction of sp³-hybridized carbons (Fsp3) is 0.0435. The number of phenolic OH excluding ortho intramolecular Hbond substituents is 2. The topological polar surface area (TPSA) is 87.1 Å². The second kappa shape index (κ2) is 8.34. The van der Waals surface area contributed by atoms with Gasteiger partial charge < -0.3 is 14.9 Å². The molecule has 150 valence electrons. The number of aromatic hydroxyl groups is 2. The Hall–Kier alpha value is -3.71. The maximum absolute atomic E-state index is 12.7. The SMILES string of the molecule is O=C1SC(=Cc2ccc(O)c(O)c2)C(=O)N1Cc1ccc(Oc2ccccc2)cc1. The maximum atomic E-state index is 12.7. The summed E-state index contributed by atoms with van der Waals surface area (Å²) in [5, 5.41) is 18.6. The number of ether oxygens (including phenoxy) is 1. The number of hydrogen-bond donors (Lipinski definition) is 2. The van der Waals surface area contributed by atoms with E-state index in [0.29, 0.717) is 11.3 Å². The number of rotatable bonds is 5. The number of thioether (sulfide) groups is 1. The molecule has 1 aliphatic rings. The second-order valence-electron chi connectivity index (χ2n) is 6.58. The summed E-state index contributed by atoms with van der Waals surface area (Å²) in [5.74, 6) is 0.440. The van der Waals surface area contributed by atoms with Crippen molar-refractivity contribution in [3.8, 4) is 23.0 Å². The predicted molar refractivity (Wildman–Crippen MR) is 114 cm³/mol. The quantitative estimate of drug-likeness (QED) is 0.441. The molecule has 0 aliphatic carbocycles. The molecule has 1 heterocycles. The molecule has 7 heteroatoms. The highest BCUT2D eigenvalue weighted by molar-refractivity contribution is 8.18. The lowest BCUT2D eigenvalue weighted by Gasteiger charge is -2.13. The van der Waals surface area contributed by atoms with Crippen LogP contribution in [0.5, 0.6) is 23.0 Å². The Morgan fingerprint density at radius 1 is 0.867 bits per heavy atom. The van der Waals surface area contributed by atoms with Crippen LogP contribution in [0.3, 0.4) is 0 Å². The summed E-state index contributed by atoms with van der Waals surface area (Å²) in [7, 11) is 0. The molecule has 4 rings (SSSR count). The van der Waals surface area contributed by atoms with Gasteiger partial charge in [0, 0.05) is 0 Å². The zero-order valence-electron chi connectivity index (χ0n) is 15.7. The van der Waals surface area contributed by atoms with Crippen molar-refractivity contribution in [2.75, 3.05) is 0 Å². The van der Waals surface area contributed by atoms with Crippen molar-refractivity contribution < 1.29 is 24.5 Å². The van der Waals surface area contributed by atoms with Crippen molar-refractivity contribution in [3.05, 3.63) is 88.8 Å². The van der Waals surface area contributed by atoms with E-state index in [4.69, 9.17) is 4.74 Å². The van der Waals surface area contributed by atoms with Crippen molar-refractivity contribution in [1.29, 1.82) is 0 Å². The Labute approximate surface area is 177 Å². The summed E-state index contributed by atoms with van der Waals surface area (Å²) in [5.41, 5.74) is 1.31. The molecule has 1 fully saturated rings. The number of carbonyl (C=O) groups excluding carboxylic acids is 2. The summed E-state index contributed by atoms with van der Waals surface area (Å²) >= 11 is 0.841. The van der Waals surface area contributed by atoms with Gasteiger partial charge in [0.1, 0.15) is 11.5 Å². The first-order valence-corrected chi connectivity index (χ1v) is 9.90. The number of nitrogens with zero attached hydrogens (tertiary/aromatic N) is 1. The molecule has 0 aromatic heterocycles. The monoisotopic (exact) mass is 419 g/mol. The Morgan fingerprint density at radius 2 is 1.57 bits per heavy atom. The van der Waals surface area contributed by atoms with Gasteiger partial charge in [0.05, 0.1) is 11.4 Å². The van der Waals surface area contributed by atoms with Crippen LogP contribution in [-0.4, -0.2) is 26.3 Å². The minimum Gasteiger partial charge on any atom is -0.504 e. The number of carbonyl (C=O) groups is 2. The second-order valence-corrected chi connectivity index (χ2v) is 7.57. The third-order valence-electron chi connectivity index (χ3n) is 4.41. The summed E-state index contributed by atoms with van der Waals surface area (Å²) in [6.07, 6.45) is 1.51. The molecule has 2 N–H and O–H groups in total. The van der Waals surface area contributed by atoms with Crippen LogP contribution in [0.1, 0.15) is 11.1 Å². The van der Waals surface area contributed by atoms with Gasteiger partial charge in [-0.2, -0.15) is 0 Å². The third-order valence-corrected chi connectivity index (χ3v) is 5.32. The van der Waals surface area contributed by atoms with Gasteiger partial charge >= 0.3 is 0 Å². The lowest BCUT2D eigenvalue weighted by molar-refractivity contribution is -0.123. The molecule has 0 radical (unpaired) electrons. The van der Waals surface area contributed by atoms with Crippen LogP contribution in [0.15, 0.2) is 77.7 Å². The van der Waals surface area contributed by atoms with E-state index in [1.807, 2.05) is 42.5 Å². The Morgan fingerprint density at radius 3 is 2.27 bits per heavy atom. The van der Waals surface area contributed by atoms with Crippen LogP contribution in [0, 0.1) is 0 Å². The summed E-state index contributed by atoms with van der Waals surface area (Å²) < 4.78 is 5.75. The average Bonchev–Trinajstić information content (AvgIpc) is 3.00. The molecular weight excluding hydrogens is 402 g/mol. The Balaban J connectivity index is 1.45. The van der Waals surface area contributed by atoms with Gasteiger partial charge in [-0.25, -0.2) is 0 Å². The first kappa shape index (κ1) is 19.6. The zero-order valence-corrected chi connectivity index (χ0v) is 16.5. The average molecular weight is 419 g/mol. The number of phenols is 2. The number of para-hydroxylation sites is 1. The van der Waals surface area contributed by atoms with E-state index < -0.39 is 5.91 Å². The standard InChI is InChI=1S/C23H17NO5S/c25-19-11-8-16(12-20(19)26)13-21-22(27)24(23(28)30-21)14-15-6-9-18(10-7-15)29-17-4-2-1-3-5-17/h1-13,25-26H,14H2. The zero-order chi connectivity index (χ0) is 21.1. The van der Waals surface area contributed by atoms with Gasteiger partial charge in [-0.05, 0) is 65.4 Å². The number of benzene rings is 3. The minimum absolute atomic E-state index is 0.147. The molecule has 0 atom stereocenters. The molecule has 0 saturated carbocycles. The molecule has 0 bridgehead atoms. The van der Waals surface area contributed by atoms with Gasteiger partial charge in [-0.15, -0.1) is 0 Å². The van der Waals surface area contributed by atoms with E-state index in [-0.39, 0.29) is 28.2 Å². The summed E-state index contributed by atoms with van der Waals surface area (Å²) in [4.78, 5) is 26.4. The largest absolute Gasteiger partial charge is 0.504 e. The van der Waals surface area contributed by atoms with Gasteiger partial charge in [-0.3, -0.25) is 14.5 Å². The molecule has 6 nitrogen and oxygen atoms in total. The van der Waals surface area contributed by atoms with Gasteiger partial charge in [0.25, 0.3) is 11.1 Å². The molecule has 0 unspecified atom stereocenters. The van der Waals surface area contributed by atoms with E-state index in [1.165, 1.54) is 23.1 Å². The normalized spacial score (nSPS) is 15.1. The highest BCUT2D eigenvalue weighted by Gasteiger charge is 2.35. The Kier molecular flexibility index (Phi) is 5.45. The molecule has 1 aliphatic heterocycles. The van der Waals surface area contributed by atoms with E-state index in [1.54, 1.807) is 18.2 Å². The third kappa shape index (κ3) is 4.31. The van der Waals surface area contributed by atoms with Crippen LogP contribution in [0.25, 0.3) is 6.08 Å². The first-order valence-electron chi connectivity index (χ1n) is 9.09. The molecule has 2 amide bonds. The van der Waals surface area contributed by atoms with Crippen molar-refractivity contribution in [1.82, 2.24) is 4.90 Å². The fourth-order valence-electron chi connectivity index (χ4n) is 2.89. The lowest BCUT2D eigenvalue weighted by atomic mass is 10.1. The predicted octanol–water partition coefficient (Wildman–Crippen LogP) is 5.13. The minimum atomic E-state index is -0.401. The maximum Gasteiger partial charge on any atom is 0.293 e. The van der Waals surface area contributed by atoms with Gasteiger partial charge in [-0.1, -0.05) is 36.4 Å². The van der Waals surface area contributed by atoms with Crippen molar-refractivity contribution >= 4 is 29.0 Å². The molecule has 1 saturated heterocycles. The van der Waals surface area contributed by atoms with E-state index >= 15 is 0 Å². The summed E-state index contributed by atoms with van der Waals surface area (Å²) in [6, 6.07) is 20.8. The molecule has 3 aromatic rings. The first-order chi connectivity index (χ1) is 14.5. The number of imide groups is 1. The summed E-state index contributed by atoms with van der Waals surface area (Å²) in [6.45, 7) is 0.147. The molecule has 3 aromatic carbocycles. The fourth-order valence-corrected chi connectivity index (χ4v) is 3.73. The van der Waals surface area contributed by atoms with Crippen LogP contribution in [-0.2, 0) is 11.3 Å². The van der Waals surface area contributed by atoms with Crippen LogP contribution in [0.2, 0.25) is 0 Å². The van der Waals surface area contributed by atoms with Crippen molar-refractivity contribution in [3.63, 3.8) is 0 Å². The highest BCUT2D eigenvalue weighted by Crippen LogP contribution is 2.35. The van der Waals surface area contributed by atoms with Crippen LogP contribution in [0.4, 0.5) is 4.79 Å². The van der Waals surface area contributed by atoms with Crippen LogP contribution < -0.4 is 4.74 Å². The lowest BCUT2D eigenvalue weighted by Crippen LogP contribution is -2.27. The molecular formula is C23H17NO5S. The van der Waals surface area contributed by atoms with Gasteiger partial charge in [0.15, 0.2) is 11.5 Å². The highest BCUT2D eigenvalue weighted by atomic mass is 32.2. The Bertz CT molecular complexity index is 1130. The van der Waals surface area contributed by atoms with Crippen molar-refractivity contribution in [2.45, 2.75) is 6.54 Å². The molecule has 30 heavy (non-hydrogen) atoms. The van der Waals surface area contributed by atoms with Crippen molar-refractivity contribution in [2.24, 2.45) is 0 Å².